The number of methoxy groups -OCH3 is 1. The molecule has 0 aliphatic rings. The summed E-state index contributed by atoms with van der Waals surface area (Å²) < 4.78 is 5.45. The Kier molecular flexibility index (Phi) is 6.08. The lowest BCUT2D eigenvalue weighted by Gasteiger charge is -2.15. The predicted molar refractivity (Wildman–Crippen MR) is 122 cm³/mol. The van der Waals surface area contributed by atoms with Crippen molar-refractivity contribution in [1.29, 1.82) is 0 Å². The Morgan fingerprint density at radius 2 is 1.61 bits per heavy atom. The van der Waals surface area contributed by atoms with Gasteiger partial charge in [-0.25, -0.2) is 4.79 Å². The third kappa shape index (κ3) is 4.40. The number of amides is 1. The van der Waals surface area contributed by atoms with E-state index in [1.54, 1.807) is 42.5 Å². The van der Waals surface area contributed by atoms with Crippen molar-refractivity contribution < 1.29 is 24.3 Å². The summed E-state index contributed by atoms with van der Waals surface area (Å²) in [5, 5.41) is 13.6. The van der Waals surface area contributed by atoms with E-state index in [0.717, 1.165) is 5.56 Å². The van der Waals surface area contributed by atoms with E-state index in [1.807, 2.05) is 18.2 Å². The number of fused-ring (bicyclic) bond motifs is 1. The summed E-state index contributed by atoms with van der Waals surface area (Å²) in [6.45, 7) is -0.0230. The highest BCUT2D eigenvalue weighted by molar-refractivity contribution is 6.08. The first kappa shape index (κ1) is 21.6. The predicted octanol–water partition coefficient (Wildman–Crippen LogP) is 3.37. The van der Waals surface area contributed by atoms with Gasteiger partial charge in [-0.2, -0.15) is 0 Å². The summed E-state index contributed by atoms with van der Waals surface area (Å²) in [6, 6.07) is 22.1. The van der Waals surface area contributed by atoms with E-state index >= 15 is 0 Å². The molecular formula is C25H20N2O6. The van der Waals surface area contributed by atoms with E-state index in [4.69, 9.17) is 9.57 Å². The van der Waals surface area contributed by atoms with Crippen molar-refractivity contribution in [3.8, 4) is 5.88 Å². The Balaban J connectivity index is 1.78. The molecule has 0 saturated heterocycles. The average molecular weight is 444 g/mol. The van der Waals surface area contributed by atoms with Crippen molar-refractivity contribution in [1.82, 2.24) is 4.73 Å². The second-order valence-corrected chi connectivity index (χ2v) is 7.13. The van der Waals surface area contributed by atoms with Gasteiger partial charge in [0.15, 0.2) is 0 Å². The van der Waals surface area contributed by atoms with E-state index < -0.39 is 17.4 Å². The van der Waals surface area contributed by atoms with Crippen LogP contribution in [0.1, 0.15) is 26.3 Å². The first-order valence-electron chi connectivity index (χ1n) is 10.0. The van der Waals surface area contributed by atoms with Gasteiger partial charge in [-0.15, -0.1) is 4.73 Å². The summed E-state index contributed by atoms with van der Waals surface area (Å²) in [4.78, 5) is 43.6. The maximum Gasteiger partial charge on any atom is 0.344 e. The number of rotatable bonds is 6. The number of aromatic hydroxyl groups is 1. The molecule has 1 heterocycles. The minimum atomic E-state index is -0.837. The van der Waals surface area contributed by atoms with Gasteiger partial charge in [0, 0.05) is 16.6 Å². The number of ether oxygens (including phenoxy) is 1. The molecule has 0 saturated carbocycles. The number of nitrogens with one attached hydrogen (secondary N) is 1. The van der Waals surface area contributed by atoms with Crippen LogP contribution in [0.2, 0.25) is 0 Å². The van der Waals surface area contributed by atoms with E-state index in [9.17, 15) is 19.5 Å². The molecule has 4 aromatic rings. The third-order valence-electron chi connectivity index (χ3n) is 5.01. The lowest BCUT2D eigenvalue weighted by molar-refractivity contribution is 0.0553. The molecule has 8 heteroatoms. The van der Waals surface area contributed by atoms with Crippen molar-refractivity contribution in [2.45, 2.75) is 6.61 Å². The Morgan fingerprint density at radius 1 is 0.939 bits per heavy atom. The Morgan fingerprint density at radius 3 is 2.27 bits per heavy atom. The molecule has 33 heavy (non-hydrogen) atoms. The Bertz CT molecular complexity index is 1380. The number of nitrogens with zero attached hydrogens (tertiary/aromatic N) is 1. The highest BCUT2D eigenvalue weighted by Gasteiger charge is 2.24. The maximum absolute atomic E-state index is 13.2. The lowest BCUT2D eigenvalue weighted by atomic mass is 10.1. The number of esters is 1. The first-order chi connectivity index (χ1) is 16.0. The van der Waals surface area contributed by atoms with Crippen LogP contribution < -0.4 is 15.7 Å². The SMILES string of the molecule is COC(=O)c1c(O)n(OCc2ccccc2)c(=O)c2cc(NC(=O)c3ccccc3)ccc12. The molecule has 8 nitrogen and oxygen atoms in total. The van der Waals surface area contributed by atoms with Gasteiger partial charge in [-0.3, -0.25) is 9.59 Å². The second-order valence-electron chi connectivity index (χ2n) is 7.13. The smallest absolute Gasteiger partial charge is 0.344 e. The molecule has 0 bridgehead atoms. The van der Waals surface area contributed by atoms with Gasteiger partial charge in [-0.05, 0) is 29.8 Å². The van der Waals surface area contributed by atoms with Crippen LogP contribution in [0, 0.1) is 0 Å². The minimum absolute atomic E-state index is 0.0230. The van der Waals surface area contributed by atoms with Crippen LogP contribution in [0.3, 0.4) is 0 Å². The van der Waals surface area contributed by atoms with Crippen molar-refractivity contribution >= 4 is 28.3 Å². The molecule has 0 spiro atoms. The van der Waals surface area contributed by atoms with Crippen molar-refractivity contribution in [3.63, 3.8) is 0 Å². The number of benzene rings is 3. The molecule has 4 rings (SSSR count). The molecule has 1 amide bonds. The summed E-state index contributed by atoms with van der Waals surface area (Å²) in [7, 11) is 1.17. The maximum atomic E-state index is 13.2. The van der Waals surface area contributed by atoms with Crippen LogP contribution in [0.5, 0.6) is 5.88 Å². The summed E-state index contributed by atoms with van der Waals surface area (Å²) >= 11 is 0. The minimum Gasteiger partial charge on any atom is -0.492 e. The van der Waals surface area contributed by atoms with Crippen molar-refractivity contribution in [2.24, 2.45) is 0 Å². The topological polar surface area (TPSA) is 107 Å². The van der Waals surface area contributed by atoms with Gasteiger partial charge in [0.05, 0.1) is 12.5 Å². The zero-order valence-electron chi connectivity index (χ0n) is 17.6. The molecule has 166 valence electrons. The third-order valence-corrected chi connectivity index (χ3v) is 5.01. The molecule has 0 fully saturated rings. The monoisotopic (exact) mass is 444 g/mol. The van der Waals surface area contributed by atoms with E-state index in [-0.39, 0.29) is 28.8 Å². The number of hydrogen-bond donors (Lipinski definition) is 2. The summed E-state index contributed by atoms with van der Waals surface area (Å²) in [6.07, 6.45) is 0. The molecule has 0 aliphatic carbocycles. The number of pyridine rings is 1. The highest BCUT2D eigenvalue weighted by atomic mass is 16.7. The van der Waals surface area contributed by atoms with Gasteiger partial charge in [0.2, 0.25) is 5.88 Å². The number of carbonyl (C=O) groups excluding carboxylic acids is 2. The normalized spacial score (nSPS) is 10.6. The second kappa shape index (κ2) is 9.27. The number of aromatic nitrogens is 1. The molecular weight excluding hydrogens is 424 g/mol. The first-order valence-corrected chi connectivity index (χ1v) is 10.0. The lowest BCUT2D eigenvalue weighted by Crippen LogP contribution is -2.29. The standard InChI is InChI=1S/C25H20N2O6/c1-32-25(31)21-19-13-12-18(26-22(28)17-10-6-3-7-11-17)14-20(19)23(29)27(24(21)30)33-15-16-8-4-2-5-9-16/h2-14,30H,15H2,1H3,(H,26,28). The Hall–Kier alpha value is -4.59. The Labute approximate surface area is 188 Å². The van der Waals surface area contributed by atoms with Crippen LogP contribution in [-0.4, -0.2) is 28.8 Å². The molecule has 0 radical (unpaired) electrons. The van der Waals surface area contributed by atoms with Crippen molar-refractivity contribution in [3.05, 3.63) is 106 Å². The van der Waals surface area contributed by atoms with Gasteiger partial charge >= 0.3 is 5.97 Å². The largest absolute Gasteiger partial charge is 0.492 e. The van der Waals surface area contributed by atoms with Crippen LogP contribution in [0.4, 0.5) is 5.69 Å². The highest BCUT2D eigenvalue weighted by Crippen LogP contribution is 2.27. The van der Waals surface area contributed by atoms with Crippen LogP contribution >= 0.6 is 0 Å². The van der Waals surface area contributed by atoms with Gasteiger partial charge < -0.3 is 20.0 Å². The zero-order valence-corrected chi connectivity index (χ0v) is 17.6. The van der Waals surface area contributed by atoms with Gasteiger partial charge in [0.25, 0.3) is 11.5 Å². The van der Waals surface area contributed by atoms with Crippen LogP contribution in [0.15, 0.2) is 83.7 Å². The summed E-state index contributed by atoms with van der Waals surface area (Å²) in [5.74, 6) is -1.87. The summed E-state index contributed by atoms with van der Waals surface area (Å²) in [5.41, 5.74) is 0.627. The molecule has 3 aromatic carbocycles. The molecule has 0 aliphatic heterocycles. The van der Waals surface area contributed by atoms with Crippen LogP contribution in [-0.2, 0) is 11.3 Å². The molecule has 0 atom stereocenters. The van der Waals surface area contributed by atoms with Crippen molar-refractivity contribution in [2.75, 3.05) is 12.4 Å². The fraction of sp³-hybridized carbons (Fsp3) is 0.0800. The number of anilines is 1. The van der Waals surface area contributed by atoms with Gasteiger partial charge in [0.1, 0.15) is 12.2 Å². The van der Waals surface area contributed by atoms with Crippen LogP contribution in [0.25, 0.3) is 10.8 Å². The average Bonchev–Trinajstić information content (AvgIpc) is 2.85. The fourth-order valence-electron chi connectivity index (χ4n) is 3.37. The van der Waals surface area contributed by atoms with E-state index in [0.29, 0.717) is 16.0 Å². The van der Waals surface area contributed by atoms with E-state index in [1.165, 1.54) is 25.3 Å². The zero-order chi connectivity index (χ0) is 23.4. The quantitative estimate of drug-likeness (QED) is 0.442. The number of hydrogen-bond acceptors (Lipinski definition) is 6. The molecule has 1 aromatic heterocycles. The number of carbonyl (C=O) groups is 2. The molecule has 0 unspecified atom stereocenters. The fourth-order valence-corrected chi connectivity index (χ4v) is 3.37. The van der Waals surface area contributed by atoms with E-state index in [2.05, 4.69) is 5.32 Å². The van der Waals surface area contributed by atoms with Gasteiger partial charge in [-0.1, -0.05) is 54.6 Å². The molecule has 2 N–H and O–H groups in total.